The van der Waals surface area contributed by atoms with E-state index in [9.17, 15) is 4.79 Å². The first-order valence-electron chi connectivity index (χ1n) is 4.90. The fraction of sp³-hybridized carbons (Fsp3) is 0.625. The monoisotopic (exact) mass is 227 g/mol. The second kappa shape index (κ2) is 4.45. The molecule has 0 bridgehead atoms. The van der Waals surface area contributed by atoms with E-state index < -0.39 is 0 Å². The lowest BCUT2D eigenvalue weighted by molar-refractivity contribution is -0.0450. The Hall–Kier alpha value is -1.67. The fourth-order valence-corrected chi connectivity index (χ4v) is 1.53. The molecule has 1 amide bonds. The second-order valence-electron chi connectivity index (χ2n) is 3.47. The number of rotatable bonds is 2. The van der Waals surface area contributed by atoms with E-state index in [0.29, 0.717) is 19.7 Å². The number of carbonyl (C=O) groups excluding carboxylic acids is 1. The van der Waals surface area contributed by atoms with Gasteiger partial charge in [-0.3, -0.25) is 9.89 Å². The standard InChI is InChI=1S/C8H13N5O3/c9-8-10-6(11-12-8)7(15)13-1-2-16-5(3-13)4-14/h5,14H,1-4H2,(H3,9,10,11,12). The lowest BCUT2D eigenvalue weighted by Gasteiger charge is -2.31. The quantitative estimate of drug-likeness (QED) is 0.550. The third kappa shape index (κ3) is 2.12. The van der Waals surface area contributed by atoms with Crippen LogP contribution in [0.15, 0.2) is 0 Å². The van der Waals surface area contributed by atoms with E-state index in [4.69, 9.17) is 15.6 Å². The molecule has 8 heteroatoms. The van der Waals surface area contributed by atoms with E-state index in [2.05, 4.69) is 15.2 Å². The average molecular weight is 227 g/mol. The number of nitrogen functional groups attached to an aromatic ring is 1. The van der Waals surface area contributed by atoms with Crippen LogP contribution in [0.5, 0.6) is 0 Å². The topological polar surface area (TPSA) is 117 Å². The molecular weight excluding hydrogens is 214 g/mol. The van der Waals surface area contributed by atoms with Crippen LogP contribution in [0.2, 0.25) is 0 Å². The zero-order chi connectivity index (χ0) is 11.5. The molecule has 0 aromatic carbocycles. The average Bonchev–Trinajstić information content (AvgIpc) is 2.75. The maximum absolute atomic E-state index is 11.9. The number of anilines is 1. The lowest BCUT2D eigenvalue weighted by atomic mass is 10.3. The molecule has 0 radical (unpaired) electrons. The summed E-state index contributed by atoms with van der Waals surface area (Å²) < 4.78 is 5.23. The third-order valence-electron chi connectivity index (χ3n) is 2.33. The van der Waals surface area contributed by atoms with Gasteiger partial charge in [0.05, 0.1) is 19.3 Å². The summed E-state index contributed by atoms with van der Waals surface area (Å²) in [5.41, 5.74) is 5.31. The number of nitrogens with zero attached hydrogens (tertiary/aromatic N) is 3. The van der Waals surface area contributed by atoms with Crippen molar-refractivity contribution in [1.29, 1.82) is 0 Å². The van der Waals surface area contributed by atoms with Crippen molar-refractivity contribution in [2.45, 2.75) is 6.10 Å². The van der Waals surface area contributed by atoms with Crippen molar-refractivity contribution in [2.24, 2.45) is 0 Å². The van der Waals surface area contributed by atoms with Crippen LogP contribution in [-0.2, 0) is 4.74 Å². The molecule has 1 aliphatic heterocycles. The lowest BCUT2D eigenvalue weighted by Crippen LogP contribution is -2.47. The molecule has 88 valence electrons. The van der Waals surface area contributed by atoms with Crippen molar-refractivity contribution in [3.8, 4) is 0 Å². The Bertz CT molecular complexity index is 380. The minimum Gasteiger partial charge on any atom is -0.394 e. The molecular formula is C8H13N5O3. The molecule has 0 spiro atoms. The molecule has 1 aliphatic rings. The normalized spacial score (nSPS) is 21.1. The van der Waals surface area contributed by atoms with Gasteiger partial charge in [0.25, 0.3) is 5.91 Å². The van der Waals surface area contributed by atoms with Crippen molar-refractivity contribution in [1.82, 2.24) is 20.1 Å². The first-order chi connectivity index (χ1) is 7.70. The van der Waals surface area contributed by atoms with E-state index in [1.807, 2.05) is 0 Å². The van der Waals surface area contributed by atoms with Crippen LogP contribution in [0.1, 0.15) is 10.6 Å². The summed E-state index contributed by atoms with van der Waals surface area (Å²) in [5.74, 6) is -0.141. The molecule has 8 nitrogen and oxygen atoms in total. The largest absolute Gasteiger partial charge is 0.394 e. The molecule has 16 heavy (non-hydrogen) atoms. The smallest absolute Gasteiger partial charge is 0.291 e. The molecule has 1 aromatic rings. The van der Waals surface area contributed by atoms with Crippen molar-refractivity contribution >= 4 is 11.9 Å². The number of morpholine rings is 1. The highest BCUT2D eigenvalue weighted by Gasteiger charge is 2.26. The Balaban J connectivity index is 2.04. The maximum atomic E-state index is 11.9. The number of H-pyrrole nitrogens is 1. The van der Waals surface area contributed by atoms with E-state index in [1.165, 1.54) is 0 Å². The van der Waals surface area contributed by atoms with Gasteiger partial charge in [0, 0.05) is 13.1 Å². The number of aromatic amines is 1. The number of carbonyl (C=O) groups is 1. The van der Waals surface area contributed by atoms with Crippen LogP contribution in [0.3, 0.4) is 0 Å². The predicted molar refractivity (Wildman–Crippen MR) is 53.5 cm³/mol. The minimum atomic E-state index is -0.335. The van der Waals surface area contributed by atoms with E-state index in [-0.39, 0.29) is 30.4 Å². The number of hydrogen-bond donors (Lipinski definition) is 3. The summed E-state index contributed by atoms with van der Waals surface area (Å²) in [5, 5.41) is 15.0. The number of amides is 1. The van der Waals surface area contributed by atoms with Gasteiger partial charge in [0.1, 0.15) is 0 Å². The van der Waals surface area contributed by atoms with Crippen molar-refractivity contribution < 1.29 is 14.6 Å². The Morgan fingerprint density at radius 2 is 2.56 bits per heavy atom. The van der Waals surface area contributed by atoms with Gasteiger partial charge >= 0.3 is 0 Å². The zero-order valence-corrected chi connectivity index (χ0v) is 8.59. The van der Waals surface area contributed by atoms with Crippen LogP contribution in [0, 0.1) is 0 Å². The van der Waals surface area contributed by atoms with E-state index in [1.54, 1.807) is 4.90 Å². The summed E-state index contributed by atoms with van der Waals surface area (Å²) in [6.07, 6.45) is -0.335. The van der Waals surface area contributed by atoms with Gasteiger partial charge in [-0.1, -0.05) is 0 Å². The first kappa shape index (κ1) is 10.8. The molecule has 2 rings (SSSR count). The highest BCUT2D eigenvalue weighted by atomic mass is 16.5. The number of nitrogens with one attached hydrogen (secondary N) is 1. The molecule has 2 heterocycles. The maximum Gasteiger partial charge on any atom is 0.291 e. The van der Waals surface area contributed by atoms with Gasteiger partial charge < -0.3 is 20.5 Å². The van der Waals surface area contributed by atoms with Crippen molar-refractivity contribution in [3.05, 3.63) is 5.82 Å². The molecule has 1 saturated heterocycles. The summed E-state index contributed by atoms with van der Waals surface area (Å²) in [7, 11) is 0. The summed E-state index contributed by atoms with van der Waals surface area (Å²) in [6, 6.07) is 0. The molecule has 4 N–H and O–H groups in total. The van der Waals surface area contributed by atoms with Gasteiger partial charge in [-0.15, -0.1) is 5.10 Å². The summed E-state index contributed by atoms with van der Waals surface area (Å²) in [4.78, 5) is 17.2. The van der Waals surface area contributed by atoms with Gasteiger partial charge in [-0.2, -0.15) is 4.98 Å². The highest BCUT2D eigenvalue weighted by Crippen LogP contribution is 2.08. The number of ether oxygens (including phenoxy) is 1. The summed E-state index contributed by atoms with van der Waals surface area (Å²) >= 11 is 0. The SMILES string of the molecule is Nc1n[nH]c(C(=O)N2CCOC(CO)C2)n1. The zero-order valence-electron chi connectivity index (χ0n) is 8.59. The number of aliphatic hydroxyl groups is 1. The van der Waals surface area contributed by atoms with E-state index in [0.717, 1.165) is 0 Å². The van der Waals surface area contributed by atoms with Gasteiger partial charge in [-0.25, -0.2) is 0 Å². The van der Waals surface area contributed by atoms with Crippen molar-refractivity contribution in [2.75, 3.05) is 32.0 Å². The predicted octanol–water partition coefficient (Wildman–Crippen LogP) is -1.78. The molecule has 0 saturated carbocycles. The fourth-order valence-electron chi connectivity index (χ4n) is 1.53. The van der Waals surface area contributed by atoms with E-state index >= 15 is 0 Å². The van der Waals surface area contributed by atoms with Crippen LogP contribution < -0.4 is 5.73 Å². The Morgan fingerprint density at radius 1 is 1.75 bits per heavy atom. The second-order valence-corrected chi connectivity index (χ2v) is 3.47. The first-order valence-corrected chi connectivity index (χ1v) is 4.90. The Labute approximate surface area is 91.4 Å². The van der Waals surface area contributed by atoms with Gasteiger partial charge in [0.2, 0.25) is 11.8 Å². The minimum absolute atomic E-state index is 0.0373. The number of hydrogen-bond acceptors (Lipinski definition) is 6. The summed E-state index contributed by atoms with van der Waals surface area (Å²) in [6.45, 7) is 1.11. The number of nitrogens with two attached hydrogens (primary N) is 1. The van der Waals surface area contributed by atoms with Crippen LogP contribution in [-0.4, -0.2) is 63.5 Å². The molecule has 1 atom stereocenters. The number of aromatic nitrogens is 3. The molecule has 1 unspecified atom stereocenters. The highest BCUT2D eigenvalue weighted by molar-refractivity contribution is 5.90. The van der Waals surface area contributed by atoms with Crippen LogP contribution in [0.25, 0.3) is 0 Å². The molecule has 1 aromatic heterocycles. The van der Waals surface area contributed by atoms with Gasteiger partial charge in [-0.05, 0) is 0 Å². The van der Waals surface area contributed by atoms with Crippen LogP contribution in [0.4, 0.5) is 5.95 Å². The Kier molecular flexibility index (Phi) is 3.02. The number of aliphatic hydroxyl groups excluding tert-OH is 1. The van der Waals surface area contributed by atoms with Crippen LogP contribution >= 0.6 is 0 Å². The molecule has 1 fully saturated rings. The third-order valence-corrected chi connectivity index (χ3v) is 2.33. The van der Waals surface area contributed by atoms with Gasteiger partial charge in [0.15, 0.2) is 0 Å². The Morgan fingerprint density at radius 3 is 3.19 bits per heavy atom. The van der Waals surface area contributed by atoms with Crippen molar-refractivity contribution in [3.63, 3.8) is 0 Å². The molecule has 0 aliphatic carbocycles.